The number of nitrogens with two attached hydrogens (primary N) is 7. The second-order valence-electron chi connectivity index (χ2n) is 19.8. The Morgan fingerprint density at radius 1 is 0.580 bits per heavy atom. The number of aliphatic imine (C=N–C) groups is 3. The molecule has 88 heavy (non-hydrogen) atoms. The third kappa shape index (κ3) is 29.8. The molecule has 0 aliphatic heterocycles. The second-order valence-corrected chi connectivity index (χ2v) is 21.1. The molecule has 38 nitrogen and oxygen atoms in total. The normalized spacial score (nSPS) is 14.2. The molecule has 0 radical (unpaired) electrons. The number of carbonyl (C=O) groups is 10. The van der Waals surface area contributed by atoms with Crippen LogP contribution in [0.4, 0.5) is 0 Å². The van der Waals surface area contributed by atoms with Crippen LogP contribution in [0, 0.1) is 5.92 Å². The van der Waals surface area contributed by atoms with Gasteiger partial charge >= 0.3 is 13.8 Å². The number of imidazole rings is 1. The number of aliphatic carboxylic acids is 1. The molecule has 2 rings (SSSR count). The SMILES string of the molecule is CC(C)[C@H](NC(=O)CNC(=O)[C@H](COP(=O)(O)O)NC(=O)[C@H](CCCN=C(N)N)NC(=O)[C@H](CCCN=C(N)N)NC(=O)[C@H](CO)NC(=O)[C@H](Cc1ccccc1)NC(=O)[C@H](CO)NC(=O)[C@H](Cc1cnc[nH]1)NC(=O)[C@@H](N)CCCN=C(N)N)C(=O)O. The van der Waals surface area contributed by atoms with Gasteiger partial charge in [0.15, 0.2) is 17.9 Å². The van der Waals surface area contributed by atoms with Gasteiger partial charge in [0.1, 0.15) is 48.3 Å². The Morgan fingerprint density at radius 3 is 1.43 bits per heavy atom. The van der Waals surface area contributed by atoms with Gasteiger partial charge in [-0.1, -0.05) is 44.2 Å². The summed E-state index contributed by atoms with van der Waals surface area (Å²) in [6.45, 7) is -1.39. The number of carbonyl (C=O) groups excluding carboxylic acids is 9. The number of nitrogens with one attached hydrogen (secondary N) is 10. The predicted octanol–water partition coefficient (Wildman–Crippen LogP) is -9.49. The fourth-order valence-corrected chi connectivity index (χ4v) is 8.11. The summed E-state index contributed by atoms with van der Waals surface area (Å²) < 4.78 is 16.2. The number of phosphoric acid groups is 1. The van der Waals surface area contributed by atoms with Crippen molar-refractivity contribution < 1.29 is 82.1 Å². The molecule has 9 atom stereocenters. The van der Waals surface area contributed by atoms with Crippen molar-refractivity contribution in [3.05, 3.63) is 54.1 Å². The maximum atomic E-state index is 14.3. The number of H-pyrrole nitrogens is 1. The molecule has 1 aromatic heterocycles. The number of aromatic amines is 1. The zero-order chi connectivity index (χ0) is 66.1. The van der Waals surface area contributed by atoms with E-state index in [-0.39, 0.29) is 82.5 Å². The van der Waals surface area contributed by atoms with E-state index in [2.05, 4.69) is 77.3 Å². The summed E-state index contributed by atoms with van der Waals surface area (Å²) in [5.74, 6) is -12.6. The van der Waals surface area contributed by atoms with Gasteiger partial charge in [-0.2, -0.15) is 0 Å². The fraction of sp³-hybridized carbons (Fsp3) is 0.551. The molecule has 1 aromatic carbocycles. The van der Waals surface area contributed by atoms with Gasteiger partial charge in [-0.3, -0.25) is 62.7 Å². The Balaban J connectivity index is 2.46. The van der Waals surface area contributed by atoms with Crippen LogP contribution in [0.2, 0.25) is 0 Å². The van der Waals surface area contributed by atoms with Crippen LogP contribution in [-0.4, -0.2) is 212 Å². The van der Waals surface area contributed by atoms with E-state index in [1.54, 1.807) is 30.3 Å². The maximum Gasteiger partial charge on any atom is 0.469 e. The molecule has 0 aliphatic carbocycles. The molecular formula is C49H82N21O17P. The van der Waals surface area contributed by atoms with E-state index in [0.717, 1.165) is 0 Å². The minimum atomic E-state index is -5.34. The van der Waals surface area contributed by atoms with Crippen molar-refractivity contribution in [2.75, 3.05) is 46.0 Å². The number of carboxylic acid groups (broad SMARTS) is 1. The monoisotopic (exact) mass is 1270 g/mol. The molecule has 0 bridgehead atoms. The van der Waals surface area contributed by atoms with Crippen LogP contribution in [0.1, 0.15) is 63.6 Å². The average molecular weight is 1270 g/mol. The van der Waals surface area contributed by atoms with Crippen LogP contribution in [0.25, 0.3) is 0 Å². The number of guanidine groups is 3. The Hall–Kier alpha value is -9.07. The zero-order valence-electron chi connectivity index (χ0n) is 48.3. The smallest absolute Gasteiger partial charge is 0.469 e. The molecular weight excluding hydrogens is 1190 g/mol. The van der Waals surface area contributed by atoms with Crippen molar-refractivity contribution in [3.8, 4) is 0 Å². The fourth-order valence-electron chi connectivity index (χ4n) is 7.76. The average Bonchev–Trinajstić information content (AvgIpc) is 3.58. The first-order chi connectivity index (χ1) is 41.4. The Kier molecular flexibility index (Phi) is 33.1. The van der Waals surface area contributed by atoms with Crippen molar-refractivity contribution in [1.29, 1.82) is 0 Å². The molecule has 0 aliphatic rings. The highest BCUT2D eigenvalue weighted by molar-refractivity contribution is 7.46. The Bertz CT molecular complexity index is 2760. The first-order valence-corrected chi connectivity index (χ1v) is 28.7. The van der Waals surface area contributed by atoms with Crippen molar-refractivity contribution in [2.45, 2.75) is 120 Å². The highest BCUT2D eigenvalue weighted by atomic mass is 31.2. The van der Waals surface area contributed by atoms with Crippen LogP contribution in [0.15, 0.2) is 57.8 Å². The molecule has 29 N–H and O–H groups in total. The quantitative estimate of drug-likeness (QED) is 0.0127. The first kappa shape index (κ1) is 75.0. The van der Waals surface area contributed by atoms with Gasteiger partial charge in [0, 0.05) is 44.4 Å². The number of hydrogen-bond acceptors (Lipinski definition) is 19. The van der Waals surface area contributed by atoms with E-state index in [0.29, 0.717) is 17.7 Å². The number of rotatable bonds is 41. The lowest BCUT2D eigenvalue weighted by Gasteiger charge is -2.27. The van der Waals surface area contributed by atoms with Crippen LogP contribution in [0.5, 0.6) is 0 Å². The van der Waals surface area contributed by atoms with Gasteiger partial charge in [-0.05, 0) is 50.0 Å². The third-order valence-corrected chi connectivity index (χ3v) is 12.8. The Morgan fingerprint density at radius 2 is 1.00 bits per heavy atom. The molecule has 0 saturated carbocycles. The Labute approximate surface area is 504 Å². The van der Waals surface area contributed by atoms with Crippen molar-refractivity contribution in [3.63, 3.8) is 0 Å². The van der Waals surface area contributed by atoms with Crippen LogP contribution in [-0.2, 0) is 69.9 Å². The third-order valence-electron chi connectivity index (χ3n) is 12.3. The summed E-state index contributed by atoms with van der Waals surface area (Å²) in [7, 11) is -5.34. The van der Waals surface area contributed by atoms with Crippen LogP contribution >= 0.6 is 7.82 Å². The summed E-state index contributed by atoms with van der Waals surface area (Å²) in [5, 5.41) is 51.3. The number of aliphatic hydroxyl groups excluding tert-OH is 2. The molecule has 1 heterocycles. The van der Waals surface area contributed by atoms with Gasteiger partial charge in [-0.25, -0.2) is 14.3 Å². The van der Waals surface area contributed by atoms with E-state index in [9.17, 15) is 77.6 Å². The van der Waals surface area contributed by atoms with Crippen molar-refractivity contribution >= 4 is 84.8 Å². The number of amides is 9. The van der Waals surface area contributed by atoms with Gasteiger partial charge in [0.05, 0.1) is 38.7 Å². The van der Waals surface area contributed by atoms with Crippen LogP contribution in [0.3, 0.4) is 0 Å². The molecule has 9 amide bonds. The van der Waals surface area contributed by atoms with Gasteiger partial charge in [-0.15, -0.1) is 0 Å². The highest BCUT2D eigenvalue weighted by Crippen LogP contribution is 2.35. The molecule has 0 fully saturated rings. The summed E-state index contributed by atoms with van der Waals surface area (Å²) >= 11 is 0. The number of hydrogen-bond donors (Lipinski definition) is 22. The molecule has 0 spiro atoms. The minimum absolute atomic E-state index is 0.0485. The first-order valence-electron chi connectivity index (χ1n) is 27.2. The van der Waals surface area contributed by atoms with E-state index < -0.39 is 154 Å². The van der Waals surface area contributed by atoms with E-state index in [4.69, 9.17) is 40.1 Å². The number of nitrogens with zero attached hydrogens (tertiary/aromatic N) is 4. The maximum absolute atomic E-state index is 14.3. The standard InChI is InChI=1S/C49H82N21O17P/c1-25(2)37(46(82)83)70-36(73)20-61-39(75)35(23-87-88(84,85)86)69-41(77)30(13-8-16-60-49(55)56)63-40(76)29(12-7-15-59-48(53)54)64-44(80)33(21-71)67-42(78)31(17-26-9-4-3-5-10-26)66-45(81)34(22-72)68-43(79)32(18-27-19-57-24-62-27)65-38(74)28(50)11-6-14-58-47(51)52/h3-5,9-10,19,24-25,28-35,37,71-72H,6-8,11-18,20-23,50H2,1-2H3,(H,57,62)(H,61,75)(H,63,76)(H,64,80)(H,65,74)(H,66,81)(H,67,78)(H,68,79)(H,69,77)(H,70,73)(H,82,83)(H4,51,52,58)(H4,53,54,59)(H4,55,56,60)(H2,84,85,86)/t28-,29-,30-,31-,32-,33-,34-,35-,37-/m0/s1. The van der Waals surface area contributed by atoms with Gasteiger partial charge < -0.3 is 118 Å². The number of carboxylic acids is 1. The van der Waals surface area contributed by atoms with Gasteiger partial charge in [0.2, 0.25) is 53.2 Å². The topological polar surface area (TPSA) is 654 Å². The van der Waals surface area contributed by atoms with Gasteiger partial charge in [0.25, 0.3) is 0 Å². The zero-order valence-corrected chi connectivity index (χ0v) is 49.2. The lowest BCUT2D eigenvalue weighted by molar-refractivity contribution is -0.143. The summed E-state index contributed by atoms with van der Waals surface area (Å²) in [5.41, 5.74) is 39.4. The molecule has 0 saturated heterocycles. The highest BCUT2D eigenvalue weighted by Gasteiger charge is 2.36. The number of phosphoric ester groups is 1. The van der Waals surface area contributed by atoms with Crippen molar-refractivity contribution in [1.82, 2.24) is 57.8 Å². The number of aliphatic hydroxyl groups is 2. The predicted molar refractivity (Wildman–Crippen MR) is 313 cm³/mol. The van der Waals surface area contributed by atoms with E-state index in [1.807, 2.05) is 0 Å². The summed E-state index contributed by atoms with van der Waals surface area (Å²) in [4.78, 5) is 172. The van der Waals surface area contributed by atoms with E-state index >= 15 is 0 Å². The van der Waals surface area contributed by atoms with E-state index in [1.165, 1.54) is 26.4 Å². The molecule has 490 valence electrons. The largest absolute Gasteiger partial charge is 0.480 e. The number of benzene rings is 1. The minimum Gasteiger partial charge on any atom is -0.480 e. The summed E-state index contributed by atoms with van der Waals surface area (Å²) in [6.07, 6.45) is 1.85. The molecule has 2 aromatic rings. The lowest BCUT2D eigenvalue weighted by Crippen LogP contribution is -2.61. The number of aromatic nitrogens is 2. The van der Waals surface area contributed by atoms with Crippen molar-refractivity contribution in [2.24, 2.45) is 61.0 Å². The molecule has 39 heteroatoms. The molecule has 0 unspecified atom stereocenters. The lowest BCUT2D eigenvalue weighted by atomic mass is 10.0. The second kappa shape index (κ2) is 38.9. The summed E-state index contributed by atoms with van der Waals surface area (Å²) in [6, 6.07) is -6.53. The van der Waals surface area contributed by atoms with Crippen LogP contribution < -0.4 is 88.0 Å².